The lowest BCUT2D eigenvalue weighted by molar-refractivity contribution is -0.138. The van der Waals surface area contributed by atoms with Crippen LogP contribution in [0, 0.1) is 13.8 Å². The summed E-state index contributed by atoms with van der Waals surface area (Å²) in [7, 11) is 0. The van der Waals surface area contributed by atoms with Gasteiger partial charge in [0.15, 0.2) is 0 Å². The van der Waals surface area contributed by atoms with Crippen molar-refractivity contribution in [3.63, 3.8) is 0 Å². The van der Waals surface area contributed by atoms with E-state index < -0.39 is 11.9 Å². The Morgan fingerprint density at radius 3 is 2.75 bits per heavy atom. The topological polar surface area (TPSA) is 59.4 Å². The van der Waals surface area contributed by atoms with Gasteiger partial charge in [-0.25, -0.2) is 4.98 Å². The molecule has 0 aliphatic carbocycles. The Hall–Kier alpha value is -2.36. The van der Waals surface area contributed by atoms with Gasteiger partial charge in [0.05, 0.1) is 5.92 Å². The summed E-state index contributed by atoms with van der Waals surface area (Å²) < 4.78 is 5.76. The van der Waals surface area contributed by atoms with Gasteiger partial charge in [-0.2, -0.15) is 0 Å². The van der Waals surface area contributed by atoms with E-state index in [1.54, 1.807) is 25.3 Å². The number of hydrogen-bond donors (Lipinski definition) is 1. The zero-order chi connectivity index (χ0) is 14.7. The Kier molecular flexibility index (Phi) is 4.03. The van der Waals surface area contributed by atoms with Crippen molar-refractivity contribution in [3.05, 3.63) is 53.2 Å². The molecule has 1 aromatic heterocycles. The van der Waals surface area contributed by atoms with Crippen LogP contribution in [0.4, 0.5) is 0 Å². The Morgan fingerprint density at radius 2 is 2.05 bits per heavy atom. The van der Waals surface area contributed by atoms with Gasteiger partial charge in [0.2, 0.25) is 5.88 Å². The predicted octanol–water partition coefficient (Wildman–Crippen LogP) is 3.68. The first-order valence-corrected chi connectivity index (χ1v) is 6.42. The fraction of sp³-hybridized carbons (Fsp3) is 0.250. The van der Waals surface area contributed by atoms with E-state index in [0.717, 1.165) is 16.9 Å². The highest BCUT2D eigenvalue weighted by Gasteiger charge is 2.15. The second kappa shape index (κ2) is 5.74. The average Bonchev–Trinajstić information content (AvgIpc) is 2.43. The first-order chi connectivity index (χ1) is 9.49. The lowest BCUT2D eigenvalue weighted by atomic mass is 10.0. The summed E-state index contributed by atoms with van der Waals surface area (Å²) in [5.41, 5.74) is 2.86. The van der Waals surface area contributed by atoms with Crippen LogP contribution in [0.15, 0.2) is 36.5 Å². The van der Waals surface area contributed by atoms with Crippen LogP contribution < -0.4 is 4.74 Å². The Morgan fingerprint density at radius 1 is 1.30 bits per heavy atom. The van der Waals surface area contributed by atoms with Gasteiger partial charge in [0.1, 0.15) is 5.75 Å². The highest BCUT2D eigenvalue weighted by molar-refractivity contribution is 5.75. The number of aryl methyl sites for hydroxylation is 1. The third kappa shape index (κ3) is 2.96. The molecule has 0 fully saturated rings. The van der Waals surface area contributed by atoms with Crippen LogP contribution in [0.2, 0.25) is 0 Å². The molecule has 2 aromatic rings. The van der Waals surface area contributed by atoms with Crippen LogP contribution in [0.1, 0.15) is 29.5 Å². The highest BCUT2D eigenvalue weighted by Crippen LogP contribution is 2.27. The minimum Gasteiger partial charge on any atom is -0.481 e. The molecule has 1 atom stereocenters. The van der Waals surface area contributed by atoms with Crippen molar-refractivity contribution in [3.8, 4) is 11.6 Å². The van der Waals surface area contributed by atoms with Crippen LogP contribution >= 0.6 is 0 Å². The Balaban J connectivity index is 2.28. The Bertz CT molecular complexity index is 637. The largest absolute Gasteiger partial charge is 0.481 e. The zero-order valence-corrected chi connectivity index (χ0v) is 11.8. The van der Waals surface area contributed by atoms with Crippen LogP contribution in [-0.2, 0) is 4.79 Å². The number of aliphatic carboxylic acids is 1. The molecule has 4 heteroatoms. The second-order valence-electron chi connectivity index (χ2n) is 4.79. The number of ether oxygens (including phenoxy) is 1. The standard InChI is InChI=1S/C16H17NO3/c1-10-5-4-6-14(11(10)2)20-15-9-13(7-8-17-15)12(3)16(18)19/h4-9,12H,1-3H3,(H,18,19). The molecule has 0 aliphatic rings. The number of aromatic nitrogens is 1. The first kappa shape index (κ1) is 14.1. The Labute approximate surface area is 118 Å². The van der Waals surface area contributed by atoms with Gasteiger partial charge in [-0.3, -0.25) is 4.79 Å². The molecule has 20 heavy (non-hydrogen) atoms. The minimum atomic E-state index is -0.867. The average molecular weight is 271 g/mol. The van der Waals surface area contributed by atoms with E-state index in [2.05, 4.69) is 4.98 Å². The summed E-state index contributed by atoms with van der Waals surface area (Å²) in [6, 6.07) is 9.16. The molecule has 1 N–H and O–H groups in total. The molecule has 1 heterocycles. The molecule has 0 bridgehead atoms. The SMILES string of the molecule is Cc1cccc(Oc2cc(C(C)C(=O)O)ccn2)c1C. The quantitative estimate of drug-likeness (QED) is 0.921. The number of pyridine rings is 1. The fourth-order valence-electron chi connectivity index (χ4n) is 1.84. The molecule has 0 saturated heterocycles. The van der Waals surface area contributed by atoms with Gasteiger partial charge >= 0.3 is 5.97 Å². The maximum Gasteiger partial charge on any atom is 0.310 e. The van der Waals surface area contributed by atoms with Gasteiger partial charge in [-0.15, -0.1) is 0 Å². The van der Waals surface area contributed by atoms with E-state index in [0.29, 0.717) is 11.4 Å². The molecule has 0 saturated carbocycles. The van der Waals surface area contributed by atoms with E-state index in [9.17, 15) is 4.79 Å². The summed E-state index contributed by atoms with van der Waals surface area (Å²) in [5, 5.41) is 9.04. The van der Waals surface area contributed by atoms with Crippen LogP contribution in [-0.4, -0.2) is 16.1 Å². The van der Waals surface area contributed by atoms with Crippen molar-refractivity contribution in [2.24, 2.45) is 0 Å². The summed E-state index contributed by atoms with van der Waals surface area (Å²) in [5.74, 6) is -0.310. The lowest BCUT2D eigenvalue weighted by Gasteiger charge is -2.11. The molecule has 4 nitrogen and oxygen atoms in total. The van der Waals surface area contributed by atoms with Crippen molar-refractivity contribution < 1.29 is 14.6 Å². The number of hydrogen-bond acceptors (Lipinski definition) is 3. The highest BCUT2D eigenvalue weighted by atomic mass is 16.5. The maximum absolute atomic E-state index is 11.0. The number of benzene rings is 1. The van der Waals surface area contributed by atoms with Crippen molar-refractivity contribution in [1.82, 2.24) is 4.98 Å². The second-order valence-corrected chi connectivity index (χ2v) is 4.79. The van der Waals surface area contributed by atoms with Gasteiger partial charge in [0, 0.05) is 12.3 Å². The molecule has 0 amide bonds. The molecule has 0 spiro atoms. The number of nitrogens with zero attached hydrogens (tertiary/aromatic N) is 1. The van der Waals surface area contributed by atoms with E-state index in [1.165, 1.54) is 0 Å². The first-order valence-electron chi connectivity index (χ1n) is 6.42. The van der Waals surface area contributed by atoms with Crippen molar-refractivity contribution in [1.29, 1.82) is 0 Å². The van der Waals surface area contributed by atoms with Crippen molar-refractivity contribution in [2.45, 2.75) is 26.7 Å². The van der Waals surface area contributed by atoms with Crippen molar-refractivity contribution in [2.75, 3.05) is 0 Å². The van der Waals surface area contributed by atoms with Crippen LogP contribution in [0.3, 0.4) is 0 Å². The van der Waals surface area contributed by atoms with Gasteiger partial charge < -0.3 is 9.84 Å². The molecule has 104 valence electrons. The normalized spacial score (nSPS) is 11.9. The van der Waals surface area contributed by atoms with E-state index in [-0.39, 0.29) is 0 Å². The van der Waals surface area contributed by atoms with Crippen LogP contribution in [0.5, 0.6) is 11.6 Å². The predicted molar refractivity (Wildman–Crippen MR) is 76.3 cm³/mol. The molecular weight excluding hydrogens is 254 g/mol. The van der Waals surface area contributed by atoms with E-state index in [4.69, 9.17) is 9.84 Å². The lowest BCUT2D eigenvalue weighted by Crippen LogP contribution is -2.07. The summed E-state index contributed by atoms with van der Waals surface area (Å²) in [6.07, 6.45) is 1.56. The maximum atomic E-state index is 11.0. The third-order valence-corrected chi connectivity index (χ3v) is 3.40. The zero-order valence-electron chi connectivity index (χ0n) is 11.8. The summed E-state index contributed by atoms with van der Waals surface area (Å²) in [6.45, 7) is 5.63. The van der Waals surface area contributed by atoms with Gasteiger partial charge in [0.25, 0.3) is 0 Å². The van der Waals surface area contributed by atoms with Crippen molar-refractivity contribution >= 4 is 5.97 Å². The number of carbonyl (C=O) groups is 1. The smallest absolute Gasteiger partial charge is 0.310 e. The third-order valence-electron chi connectivity index (χ3n) is 3.40. The van der Waals surface area contributed by atoms with Gasteiger partial charge in [-0.05, 0) is 49.6 Å². The molecule has 1 aromatic carbocycles. The van der Waals surface area contributed by atoms with Crippen LogP contribution in [0.25, 0.3) is 0 Å². The number of carboxylic acids is 1. The van der Waals surface area contributed by atoms with Gasteiger partial charge in [-0.1, -0.05) is 12.1 Å². The summed E-state index contributed by atoms with van der Waals surface area (Å²) in [4.78, 5) is 15.1. The molecule has 2 rings (SSSR count). The molecule has 0 aliphatic heterocycles. The molecule has 0 radical (unpaired) electrons. The number of rotatable bonds is 4. The summed E-state index contributed by atoms with van der Waals surface area (Å²) >= 11 is 0. The van der Waals surface area contributed by atoms with E-state index >= 15 is 0 Å². The monoisotopic (exact) mass is 271 g/mol. The molecule has 1 unspecified atom stereocenters. The minimum absolute atomic E-state index is 0.407. The fourth-order valence-corrected chi connectivity index (χ4v) is 1.84. The molecular formula is C16H17NO3. The van der Waals surface area contributed by atoms with E-state index in [1.807, 2.05) is 32.0 Å². The number of carboxylic acid groups (broad SMARTS) is 1.